The number of fused-ring (bicyclic) bond motifs is 1. The molecular weight excluding hydrogens is 452 g/mol. The lowest BCUT2D eigenvalue weighted by molar-refractivity contribution is 0.0300. The van der Waals surface area contributed by atoms with E-state index in [0.29, 0.717) is 48.9 Å². The second-order valence-electron chi connectivity index (χ2n) is 9.01. The fraction of sp³-hybridized carbons (Fsp3) is 0.241. The zero-order valence-electron chi connectivity index (χ0n) is 20.6. The molecule has 7 nitrogen and oxygen atoms in total. The van der Waals surface area contributed by atoms with Crippen LogP contribution in [0, 0.1) is 6.92 Å². The van der Waals surface area contributed by atoms with Crippen LogP contribution in [0.1, 0.15) is 28.5 Å². The van der Waals surface area contributed by atoms with Gasteiger partial charge in [-0.1, -0.05) is 49.4 Å². The van der Waals surface area contributed by atoms with E-state index in [1.807, 2.05) is 72.5 Å². The first-order chi connectivity index (χ1) is 17.5. The van der Waals surface area contributed by atoms with E-state index in [-0.39, 0.29) is 11.9 Å². The Hall–Kier alpha value is -4.10. The smallest absolute Gasteiger partial charge is 0.323 e. The number of carbonyl (C=O) groups excluding carboxylic acids is 2. The number of nitrogens with zero attached hydrogens (tertiary/aromatic N) is 1. The third-order valence-corrected chi connectivity index (χ3v) is 6.49. The van der Waals surface area contributed by atoms with E-state index in [2.05, 4.69) is 28.6 Å². The van der Waals surface area contributed by atoms with Gasteiger partial charge in [0.25, 0.3) is 5.91 Å². The van der Waals surface area contributed by atoms with Gasteiger partial charge in [0.2, 0.25) is 0 Å². The maximum absolute atomic E-state index is 13.6. The van der Waals surface area contributed by atoms with Gasteiger partial charge in [-0.15, -0.1) is 0 Å². The Morgan fingerprint density at radius 1 is 0.972 bits per heavy atom. The van der Waals surface area contributed by atoms with E-state index in [9.17, 15) is 9.59 Å². The SMILES string of the molecule is CCc1ccc(NC(=O)Nc2cc(C)cc3c(-c4ccccc4)c(C(=O)N4CCOCC4)[nH]c23)cc1. The minimum absolute atomic E-state index is 0.0718. The number of H-pyrrole nitrogens is 1. The minimum Gasteiger partial charge on any atom is -0.378 e. The molecule has 0 radical (unpaired) electrons. The molecule has 36 heavy (non-hydrogen) atoms. The number of morpholine rings is 1. The van der Waals surface area contributed by atoms with Gasteiger partial charge in [-0.2, -0.15) is 0 Å². The second kappa shape index (κ2) is 10.3. The monoisotopic (exact) mass is 482 g/mol. The van der Waals surface area contributed by atoms with E-state index < -0.39 is 0 Å². The Kier molecular flexibility index (Phi) is 6.73. The Balaban J connectivity index is 1.54. The molecule has 2 heterocycles. The number of hydrogen-bond acceptors (Lipinski definition) is 3. The quantitative estimate of drug-likeness (QED) is 0.335. The third-order valence-electron chi connectivity index (χ3n) is 6.49. The van der Waals surface area contributed by atoms with Crippen LogP contribution in [0.25, 0.3) is 22.0 Å². The molecule has 7 heteroatoms. The summed E-state index contributed by atoms with van der Waals surface area (Å²) in [4.78, 5) is 31.7. The summed E-state index contributed by atoms with van der Waals surface area (Å²) in [5.74, 6) is -0.0718. The molecule has 0 aliphatic carbocycles. The molecule has 1 aromatic heterocycles. The van der Waals surface area contributed by atoms with Gasteiger partial charge in [0.15, 0.2) is 0 Å². The lowest BCUT2D eigenvalue weighted by Crippen LogP contribution is -2.41. The van der Waals surface area contributed by atoms with Crippen LogP contribution in [0.3, 0.4) is 0 Å². The largest absolute Gasteiger partial charge is 0.378 e. The summed E-state index contributed by atoms with van der Waals surface area (Å²) in [5.41, 5.74) is 6.53. The predicted octanol–water partition coefficient (Wildman–Crippen LogP) is 5.82. The number of hydrogen-bond donors (Lipinski definition) is 3. The second-order valence-corrected chi connectivity index (χ2v) is 9.01. The molecule has 4 aromatic rings. The van der Waals surface area contributed by atoms with Crippen LogP contribution in [0.5, 0.6) is 0 Å². The maximum Gasteiger partial charge on any atom is 0.323 e. The summed E-state index contributed by atoms with van der Waals surface area (Å²) in [5, 5.41) is 6.78. The van der Waals surface area contributed by atoms with E-state index in [4.69, 9.17) is 4.74 Å². The lowest BCUT2D eigenvalue weighted by atomic mass is 9.99. The highest BCUT2D eigenvalue weighted by atomic mass is 16.5. The van der Waals surface area contributed by atoms with Crippen molar-refractivity contribution in [2.45, 2.75) is 20.3 Å². The van der Waals surface area contributed by atoms with Crippen LogP contribution < -0.4 is 10.6 Å². The summed E-state index contributed by atoms with van der Waals surface area (Å²) < 4.78 is 5.44. The van der Waals surface area contributed by atoms with Crippen LogP contribution >= 0.6 is 0 Å². The van der Waals surface area contributed by atoms with Gasteiger partial charge in [0, 0.05) is 29.7 Å². The van der Waals surface area contributed by atoms with Gasteiger partial charge in [-0.3, -0.25) is 4.79 Å². The fourth-order valence-corrected chi connectivity index (χ4v) is 4.64. The van der Waals surface area contributed by atoms with E-state index in [1.54, 1.807) is 0 Å². The number of anilines is 2. The Morgan fingerprint density at radius 2 is 1.69 bits per heavy atom. The molecule has 0 spiro atoms. The van der Waals surface area contributed by atoms with Gasteiger partial charge in [0.1, 0.15) is 5.69 Å². The summed E-state index contributed by atoms with van der Waals surface area (Å²) in [6.07, 6.45) is 0.940. The highest BCUT2D eigenvalue weighted by Crippen LogP contribution is 2.37. The molecule has 1 aliphatic rings. The Bertz CT molecular complexity index is 1390. The van der Waals surface area contributed by atoms with E-state index >= 15 is 0 Å². The van der Waals surface area contributed by atoms with Gasteiger partial charge in [-0.25, -0.2) is 4.79 Å². The van der Waals surface area contributed by atoms with Crippen LogP contribution in [-0.2, 0) is 11.2 Å². The molecule has 1 saturated heterocycles. The first-order valence-corrected chi connectivity index (χ1v) is 12.3. The lowest BCUT2D eigenvalue weighted by Gasteiger charge is -2.26. The number of urea groups is 1. The van der Waals surface area contributed by atoms with Crippen molar-refractivity contribution in [2.24, 2.45) is 0 Å². The molecule has 0 saturated carbocycles. The summed E-state index contributed by atoms with van der Waals surface area (Å²) in [6.45, 7) is 6.22. The third kappa shape index (κ3) is 4.83. The van der Waals surface area contributed by atoms with E-state index in [0.717, 1.165) is 28.5 Å². The zero-order chi connectivity index (χ0) is 25.1. The first kappa shape index (κ1) is 23.6. The van der Waals surface area contributed by atoms with Crippen LogP contribution in [0.2, 0.25) is 0 Å². The highest BCUT2D eigenvalue weighted by molar-refractivity contribution is 6.14. The number of rotatable bonds is 5. The van der Waals surface area contributed by atoms with Gasteiger partial charge < -0.3 is 25.3 Å². The average Bonchev–Trinajstić information content (AvgIpc) is 3.29. The molecule has 3 N–H and O–H groups in total. The van der Waals surface area contributed by atoms with Crippen molar-refractivity contribution in [3.8, 4) is 11.1 Å². The molecule has 3 amide bonds. The Labute approximate surface area is 210 Å². The summed E-state index contributed by atoms with van der Waals surface area (Å²) in [6, 6.07) is 21.3. The van der Waals surface area contributed by atoms with Crippen molar-refractivity contribution in [3.63, 3.8) is 0 Å². The zero-order valence-corrected chi connectivity index (χ0v) is 20.6. The average molecular weight is 483 g/mol. The number of aryl methyl sites for hydroxylation is 2. The first-order valence-electron chi connectivity index (χ1n) is 12.3. The number of carbonyl (C=O) groups is 2. The van der Waals surface area contributed by atoms with Crippen molar-refractivity contribution in [1.29, 1.82) is 0 Å². The molecule has 5 rings (SSSR count). The molecule has 0 bridgehead atoms. The number of nitrogens with one attached hydrogen (secondary N) is 3. The molecule has 184 valence electrons. The molecule has 0 atom stereocenters. The summed E-state index contributed by atoms with van der Waals surface area (Å²) in [7, 11) is 0. The number of ether oxygens (including phenoxy) is 1. The van der Waals surface area contributed by atoms with Crippen LogP contribution in [-0.4, -0.2) is 48.1 Å². The number of benzene rings is 3. The van der Waals surface area contributed by atoms with Gasteiger partial charge in [0.05, 0.1) is 24.4 Å². The Morgan fingerprint density at radius 3 is 2.39 bits per heavy atom. The number of aromatic nitrogens is 1. The van der Waals surface area contributed by atoms with Crippen molar-refractivity contribution in [2.75, 3.05) is 36.9 Å². The van der Waals surface area contributed by atoms with Crippen LogP contribution in [0.15, 0.2) is 66.7 Å². The van der Waals surface area contributed by atoms with E-state index in [1.165, 1.54) is 5.56 Å². The van der Waals surface area contributed by atoms with Gasteiger partial charge in [-0.05, 0) is 54.3 Å². The minimum atomic E-state index is -0.344. The van der Waals surface area contributed by atoms with Crippen molar-refractivity contribution >= 4 is 34.2 Å². The molecule has 1 fully saturated rings. The molecule has 0 unspecified atom stereocenters. The maximum atomic E-state index is 13.6. The van der Waals surface area contributed by atoms with Crippen molar-refractivity contribution in [3.05, 3.63) is 83.6 Å². The standard InChI is InChI=1S/C29H30N4O3/c1-3-20-9-11-22(12-10-20)30-29(35)31-24-18-19(2)17-23-25(21-7-5-4-6-8-21)27(32-26(23)24)28(34)33-13-15-36-16-14-33/h4-12,17-18,32H,3,13-16H2,1-2H3,(H2,30,31,35). The molecule has 3 aromatic carbocycles. The predicted molar refractivity (Wildman–Crippen MR) is 144 cm³/mol. The van der Waals surface area contributed by atoms with Crippen LogP contribution in [0.4, 0.5) is 16.2 Å². The normalized spacial score (nSPS) is 13.6. The summed E-state index contributed by atoms with van der Waals surface area (Å²) >= 11 is 0. The molecule has 1 aliphatic heterocycles. The molecular formula is C29H30N4O3. The number of aromatic amines is 1. The van der Waals surface area contributed by atoms with Crippen molar-refractivity contribution in [1.82, 2.24) is 9.88 Å². The van der Waals surface area contributed by atoms with Gasteiger partial charge >= 0.3 is 6.03 Å². The fourth-order valence-electron chi connectivity index (χ4n) is 4.64. The topological polar surface area (TPSA) is 86.5 Å². The number of amides is 3. The van der Waals surface area contributed by atoms with Crippen molar-refractivity contribution < 1.29 is 14.3 Å². The highest BCUT2D eigenvalue weighted by Gasteiger charge is 2.26.